The van der Waals surface area contributed by atoms with E-state index in [9.17, 15) is 4.79 Å². The van der Waals surface area contributed by atoms with Gasteiger partial charge in [-0.1, -0.05) is 37.6 Å². The van der Waals surface area contributed by atoms with Crippen LogP contribution in [-0.2, 0) is 22.4 Å². The SMILES string of the molecule is CCCc1ccc(CC(=O)CC2CCCCO2)cc1. The Kier molecular flexibility index (Phi) is 5.59. The van der Waals surface area contributed by atoms with Gasteiger partial charge >= 0.3 is 0 Å². The maximum Gasteiger partial charge on any atom is 0.139 e. The summed E-state index contributed by atoms with van der Waals surface area (Å²) in [5, 5.41) is 0. The fourth-order valence-electron chi connectivity index (χ4n) is 2.63. The summed E-state index contributed by atoms with van der Waals surface area (Å²) < 4.78 is 5.62. The lowest BCUT2D eigenvalue weighted by Gasteiger charge is -2.21. The van der Waals surface area contributed by atoms with E-state index >= 15 is 0 Å². The van der Waals surface area contributed by atoms with Crippen LogP contribution in [0.2, 0.25) is 0 Å². The Morgan fingerprint density at radius 3 is 2.58 bits per heavy atom. The minimum absolute atomic E-state index is 0.167. The van der Waals surface area contributed by atoms with Crippen molar-refractivity contribution >= 4 is 5.78 Å². The number of aryl methyl sites for hydroxylation is 1. The summed E-state index contributed by atoms with van der Waals surface area (Å²) in [5.41, 5.74) is 2.48. The highest BCUT2D eigenvalue weighted by molar-refractivity contribution is 5.81. The van der Waals surface area contributed by atoms with Crippen LogP contribution in [-0.4, -0.2) is 18.5 Å². The van der Waals surface area contributed by atoms with Crippen LogP contribution < -0.4 is 0 Å². The molecule has 1 saturated heterocycles. The summed E-state index contributed by atoms with van der Waals surface area (Å²) in [6.45, 7) is 3.01. The first-order valence-corrected chi connectivity index (χ1v) is 7.49. The lowest BCUT2D eigenvalue weighted by Crippen LogP contribution is -2.23. The summed E-state index contributed by atoms with van der Waals surface area (Å²) >= 11 is 0. The summed E-state index contributed by atoms with van der Waals surface area (Å²) in [4.78, 5) is 12.0. The molecule has 0 aliphatic carbocycles. The summed E-state index contributed by atoms with van der Waals surface area (Å²) in [5.74, 6) is 0.301. The highest BCUT2D eigenvalue weighted by Gasteiger charge is 2.17. The molecule has 1 unspecified atom stereocenters. The molecule has 0 amide bonds. The molecular formula is C17H24O2. The van der Waals surface area contributed by atoms with Crippen molar-refractivity contribution in [1.82, 2.24) is 0 Å². The van der Waals surface area contributed by atoms with E-state index in [0.29, 0.717) is 18.6 Å². The van der Waals surface area contributed by atoms with E-state index in [-0.39, 0.29) is 6.10 Å². The van der Waals surface area contributed by atoms with E-state index < -0.39 is 0 Å². The third-order valence-corrected chi connectivity index (χ3v) is 3.69. The van der Waals surface area contributed by atoms with Crippen molar-refractivity contribution in [3.8, 4) is 0 Å². The lowest BCUT2D eigenvalue weighted by molar-refractivity contribution is -0.122. The van der Waals surface area contributed by atoms with Gasteiger partial charge in [0.2, 0.25) is 0 Å². The molecule has 0 saturated carbocycles. The van der Waals surface area contributed by atoms with Gasteiger partial charge in [-0.25, -0.2) is 0 Å². The van der Waals surface area contributed by atoms with Crippen molar-refractivity contribution in [3.05, 3.63) is 35.4 Å². The first-order chi connectivity index (χ1) is 9.28. The van der Waals surface area contributed by atoms with Gasteiger partial charge in [0.05, 0.1) is 6.10 Å². The number of ketones is 1. The Morgan fingerprint density at radius 1 is 1.21 bits per heavy atom. The topological polar surface area (TPSA) is 26.3 Å². The third-order valence-electron chi connectivity index (χ3n) is 3.69. The minimum Gasteiger partial charge on any atom is -0.378 e. The number of ether oxygens (including phenoxy) is 1. The molecule has 0 aromatic heterocycles. The van der Waals surface area contributed by atoms with Crippen LogP contribution in [0.4, 0.5) is 0 Å². The van der Waals surface area contributed by atoms with Crippen LogP contribution in [0.15, 0.2) is 24.3 Å². The van der Waals surface area contributed by atoms with Crippen molar-refractivity contribution in [2.45, 2.75) is 58.0 Å². The van der Waals surface area contributed by atoms with Gasteiger partial charge in [-0.2, -0.15) is 0 Å². The second kappa shape index (κ2) is 7.44. The molecule has 1 fully saturated rings. The summed E-state index contributed by atoms with van der Waals surface area (Å²) in [7, 11) is 0. The standard InChI is InChI=1S/C17H24O2/c1-2-5-14-7-9-15(10-8-14)12-16(18)13-17-6-3-4-11-19-17/h7-10,17H,2-6,11-13H2,1H3. The number of Topliss-reactive ketones (excluding diaryl/α,β-unsaturated/α-hetero) is 1. The number of carbonyl (C=O) groups excluding carboxylic acids is 1. The predicted octanol–water partition coefficient (Wildman–Crippen LogP) is 3.71. The molecule has 2 rings (SSSR count). The van der Waals surface area contributed by atoms with Gasteiger partial charge in [-0.05, 0) is 36.8 Å². The molecule has 1 aliphatic rings. The number of benzene rings is 1. The van der Waals surface area contributed by atoms with Gasteiger partial charge in [-0.3, -0.25) is 4.79 Å². The molecule has 0 radical (unpaired) electrons. The molecule has 1 atom stereocenters. The van der Waals surface area contributed by atoms with Crippen molar-refractivity contribution in [2.75, 3.05) is 6.61 Å². The zero-order valence-corrected chi connectivity index (χ0v) is 11.9. The molecular weight excluding hydrogens is 236 g/mol. The summed E-state index contributed by atoms with van der Waals surface area (Å²) in [6.07, 6.45) is 6.96. The third kappa shape index (κ3) is 4.79. The van der Waals surface area contributed by atoms with Gasteiger partial charge in [0.1, 0.15) is 5.78 Å². The fourth-order valence-corrected chi connectivity index (χ4v) is 2.63. The molecule has 1 aliphatic heterocycles. The number of hydrogen-bond acceptors (Lipinski definition) is 2. The molecule has 0 spiro atoms. The predicted molar refractivity (Wildman–Crippen MR) is 77.4 cm³/mol. The first kappa shape index (κ1) is 14.3. The molecule has 1 aromatic rings. The van der Waals surface area contributed by atoms with Crippen molar-refractivity contribution < 1.29 is 9.53 Å². The second-order valence-electron chi connectivity index (χ2n) is 5.47. The van der Waals surface area contributed by atoms with E-state index in [1.54, 1.807) is 0 Å². The zero-order valence-electron chi connectivity index (χ0n) is 11.9. The molecule has 1 aromatic carbocycles. The lowest BCUT2D eigenvalue weighted by atomic mass is 9.99. The Morgan fingerprint density at radius 2 is 1.95 bits per heavy atom. The fraction of sp³-hybridized carbons (Fsp3) is 0.588. The maximum absolute atomic E-state index is 12.0. The average Bonchev–Trinajstić information content (AvgIpc) is 2.42. The van der Waals surface area contributed by atoms with Crippen LogP contribution in [0.25, 0.3) is 0 Å². The van der Waals surface area contributed by atoms with E-state index in [2.05, 4.69) is 31.2 Å². The van der Waals surface area contributed by atoms with E-state index in [4.69, 9.17) is 4.74 Å². The molecule has 104 valence electrons. The molecule has 2 heteroatoms. The Bertz CT molecular complexity index is 388. The second-order valence-corrected chi connectivity index (χ2v) is 5.47. The average molecular weight is 260 g/mol. The number of hydrogen-bond donors (Lipinski definition) is 0. The summed E-state index contributed by atoms with van der Waals surface area (Å²) in [6, 6.07) is 8.46. The normalized spacial score (nSPS) is 19.3. The molecule has 2 nitrogen and oxygen atoms in total. The number of rotatable bonds is 6. The monoisotopic (exact) mass is 260 g/mol. The Labute approximate surface area is 116 Å². The quantitative estimate of drug-likeness (QED) is 0.779. The van der Waals surface area contributed by atoms with Gasteiger partial charge in [0, 0.05) is 19.4 Å². The van der Waals surface area contributed by atoms with E-state index in [0.717, 1.165) is 37.9 Å². The van der Waals surface area contributed by atoms with Gasteiger partial charge in [0.15, 0.2) is 0 Å². The first-order valence-electron chi connectivity index (χ1n) is 7.49. The van der Waals surface area contributed by atoms with Crippen LogP contribution in [0.3, 0.4) is 0 Å². The highest BCUT2D eigenvalue weighted by atomic mass is 16.5. The van der Waals surface area contributed by atoms with Crippen molar-refractivity contribution in [3.63, 3.8) is 0 Å². The van der Waals surface area contributed by atoms with Gasteiger partial charge < -0.3 is 4.74 Å². The zero-order chi connectivity index (χ0) is 13.5. The molecule has 19 heavy (non-hydrogen) atoms. The van der Waals surface area contributed by atoms with Crippen molar-refractivity contribution in [2.24, 2.45) is 0 Å². The minimum atomic E-state index is 0.167. The Balaban J connectivity index is 1.80. The Hall–Kier alpha value is -1.15. The van der Waals surface area contributed by atoms with Crippen LogP contribution in [0.5, 0.6) is 0 Å². The van der Waals surface area contributed by atoms with Gasteiger partial charge in [-0.15, -0.1) is 0 Å². The van der Waals surface area contributed by atoms with Crippen LogP contribution >= 0.6 is 0 Å². The largest absolute Gasteiger partial charge is 0.378 e. The van der Waals surface area contributed by atoms with Crippen LogP contribution in [0.1, 0.15) is 50.2 Å². The van der Waals surface area contributed by atoms with E-state index in [1.807, 2.05) is 0 Å². The maximum atomic E-state index is 12.0. The highest BCUT2D eigenvalue weighted by Crippen LogP contribution is 2.17. The number of carbonyl (C=O) groups is 1. The smallest absolute Gasteiger partial charge is 0.139 e. The van der Waals surface area contributed by atoms with Gasteiger partial charge in [0.25, 0.3) is 0 Å². The van der Waals surface area contributed by atoms with E-state index in [1.165, 1.54) is 12.0 Å². The molecule has 0 N–H and O–H groups in total. The van der Waals surface area contributed by atoms with Crippen molar-refractivity contribution in [1.29, 1.82) is 0 Å². The molecule has 1 heterocycles. The van der Waals surface area contributed by atoms with Crippen LogP contribution in [0, 0.1) is 0 Å². The molecule has 0 bridgehead atoms.